The van der Waals surface area contributed by atoms with E-state index >= 15 is 0 Å². The van der Waals surface area contributed by atoms with Gasteiger partial charge in [0.05, 0.1) is 34.4 Å². The van der Waals surface area contributed by atoms with Gasteiger partial charge in [-0.3, -0.25) is 9.59 Å². The molecule has 0 aliphatic carbocycles. The van der Waals surface area contributed by atoms with E-state index in [0.29, 0.717) is 17.4 Å². The summed E-state index contributed by atoms with van der Waals surface area (Å²) in [6.07, 6.45) is 114. The molecule has 0 aliphatic heterocycles. The number of aliphatic carboxylic acids is 1. The van der Waals surface area contributed by atoms with Crippen LogP contribution in [0.3, 0.4) is 0 Å². The van der Waals surface area contributed by atoms with Crippen molar-refractivity contribution in [3.05, 3.63) is 194 Å². The number of allylic oxidation sites excluding steroid dienone is 32. The molecule has 9 heteroatoms. The quantitative estimate of drug-likeness (QED) is 0.0211. The second-order valence-electron chi connectivity index (χ2n) is 26.2. The zero-order valence-electron chi connectivity index (χ0n) is 62.4. The van der Waals surface area contributed by atoms with Crippen molar-refractivity contribution < 1.29 is 42.9 Å². The highest BCUT2D eigenvalue weighted by atomic mass is 16.7. The number of hydrogen-bond donors (Lipinski definition) is 1. The van der Waals surface area contributed by atoms with Crippen LogP contribution < -0.4 is 0 Å². The number of likely N-dealkylation sites (N-methyl/N-ethyl adjacent to an activating group) is 1. The summed E-state index contributed by atoms with van der Waals surface area (Å²) in [5, 5.41) is 9.77. The van der Waals surface area contributed by atoms with Gasteiger partial charge in [0, 0.05) is 12.8 Å². The Morgan fingerprint density at radius 3 is 0.825 bits per heavy atom. The maximum Gasteiger partial charge on any atom is 0.361 e. The molecule has 546 valence electrons. The highest BCUT2D eigenvalue weighted by Crippen LogP contribution is 2.16. The Hall–Kier alpha value is -5.87. The number of unbranched alkanes of at least 4 members (excludes halogenated alkanes) is 22. The van der Waals surface area contributed by atoms with Crippen LogP contribution in [0.5, 0.6) is 0 Å². The van der Waals surface area contributed by atoms with E-state index in [1.54, 1.807) is 0 Å². The first-order chi connectivity index (χ1) is 47.6. The standard InChI is InChI=1S/C88H141NO8/c1-6-8-10-12-14-16-18-20-22-24-26-28-30-32-34-36-38-40-42-43-45-47-49-51-53-55-57-59-61-63-65-67-69-71-73-75-77-79-86(91)97-84(83-96-88(87(92)93)94-81-80-89(3,4)5)82-95-85(90)78-76-74-72-70-68-66-64-62-60-58-56-54-52-50-48-46-44-41-39-37-35-33-31-29-27-25-23-21-19-17-15-13-11-9-7-2/h8-11,14-17,20-23,26-29,32-35,38-41,43,45-46,48-49,51-52,54,84,88H,6-7,12-13,18-19,24-25,30-31,36-37,42,44,47,50,53,55-83H2,1-5H3/p+1/b10-8-,11-9-,16-14-,17-15-,22-20-,23-21-,28-26-,29-27-,34-32-,35-33-,40-38-,41-39-,45-43-,48-46-,51-49-,54-52-. The highest BCUT2D eigenvalue weighted by molar-refractivity contribution is 5.71. The predicted octanol–water partition coefficient (Wildman–Crippen LogP) is 24.9. The Bertz CT molecular complexity index is 2310. The zero-order chi connectivity index (χ0) is 70.4. The maximum atomic E-state index is 13.0. The SMILES string of the molecule is CC/C=C\C/C=C\C/C=C\C/C=C\C/C=C\C/C=C\C/C=C\C/C=C\CCCCCCCCCCCCCCC(=O)OC(COC(=O)CCCCCCCCCCCC/C=C\C/C=C\C/C=C\C/C=C\C/C=C\C/C=C\C/C=C\C/C=C\CC)COC(OCC[N+](C)(C)C)C(=O)O. The minimum Gasteiger partial charge on any atom is -0.477 e. The molecule has 2 unspecified atom stereocenters. The van der Waals surface area contributed by atoms with Crippen molar-refractivity contribution in [3.63, 3.8) is 0 Å². The minimum atomic E-state index is -1.52. The Kier molecular flexibility index (Phi) is 71.3. The predicted molar refractivity (Wildman–Crippen MR) is 419 cm³/mol. The van der Waals surface area contributed by atoms with E-state index in [-0.39, 0.29) is 38.6 Å². The van der Waals surface area contributed by atoms with Gasteiger partial charge in [-0.05, 0) is 141 Å². The number of ether oxygens (including phenoxy) is 4. The normalized spacial score (nSPS) is 13.8. The molecule has 0 bridgehead atoms. The Labute approximate surface area is 595 Å². The number of rotatable bonds is 69. The molecule has 0 saturated carbocycles. The van der Waals surface area contributed by atoms with Crippen LogP contribution in [-0.2, 0) is 33.3 Å². The monoisotopic (exact) mass is 1340 g/mol. The molecule has 1 N–H and O–H groups in total. The number of carboxylic acid groups (broad SMARTS) is 1. The average molecular weight is 1340 g/mol. The molecule has 0 aliphatic rings. The summed E-state index contributed by atoms with van der Waals surface area (Å²) in [5.74, 6) is -2.03. The lowest BCUT2D eigenvalue weighted by atomic mass is 10.0. The van der Waals surface area contributed by atoms with Gasteiger partial charge in [0.15, 0.2) is 6.10 Å². The molecule has 0 fully saturated rings. The van der Waals surface area contributed by atoms with E-state index in [1.165, 1.54) is 96.3 Å². The summed E-state index contributed by atoms with van der Waals surface area (Å²) in [4.78, 5) is 37.7. The second kappa shape index (κ2) is 75.9. The Morgan fingerprint density at radius 1 is 0.309 bits per heavy atom. The number of carboxylic acids is 1. The molecule has 0 aromatic heterocycles. The van der Waals surface area contributed by atoms with Crippen LogP contribution in [-0.4, -0.2) is 87.4 Å². The van der Waals surface area contributed by atoms with Gasteiger partial charge in [0.1, 0.15) is 13.2 Å². The molecule has 0 radical (unpaired) electrons. The summed E-state index contributed by atoms with van der Waals surface area (Å²) >= 11 is 0. The van der Waals surface area contributed by atoms with Crippen molar-refractivity contribution in [1.29, 1.82) is 0 Å². The molecule has 0 aromatic rings. The number of quaternary nitrogens is 1. The number of esters is 2. The zero-order valence-corrected chi connectivity index (χ0v) is 62.4. The van der Waals surface area contributed by atoms with Crippen molar-refractivity contribution in [1.82, 2.24) is 0 Å². The molecule has 0 amide bonds. The van der Waals surface area contributed by atoms with Crippen LogP contribution in [0.4, 0.5) is 0 Å². The third kappa shape index (κ3) is 77.4. The number of hydrogen-bond acceptors (Lipinski definition) is 7. The molecule has 2 atom stereocenters. The number of carbonyl (C=O) groups excluding carboxylic acids is 2. The van der Waals surface area contributed by atoms with E-state index in [9.17, 15) is 19.5 Å². The van der Waals surface area contributed by atoms with Crippen LogP contribution in [0.1, 0.15) is 284 Å². The van der Waals surface area contributed by atoms with E-state index in [2.05, 4.69) is 208 Å². The fraction of sp³-hybridized carbons (Fsp3) is 0.602. The van der Waals surface area contributed by atoms with Crippen LogP contribution >= 0.6 is 0 Å². The van der Waals surface area contributed by atoms with Crippen LogP contribution in [0.2, 0.25) is 0 Å². The molecule has 0 aromatic carbocycles. The number of carbonyl (C=O) groups is 3. The van der Waals surface area contributed by atoms with Crippen molar-refractivity contribution in [3.8, 4) is 0 Å². The molecule has 0 spiro atoms. The first kappa shape index (κ1) is 91.1. The summed E-state index contributed by atoms with van der Waals surface area (Å²) in [7, 11) is 5.97. The lowest BCUT2D eigenvalue weighted by molar-refractivity contribution is -0.870. The van der Waals surface area contributed by atoms with Gasteiger partial charge < -0.3 is 28.5 Å². The third-order valence-corrected chi connectivity index (χ3v) is 15.8. The molecule has 9 nitrogen and oxygen atoms in total. The van der Waals surface area contributed by atoms with Crippen LogP contribution in [0, 0.1) is 0 Å². The van der Waals surface area contributed by atoms with Gasteiger partial charge >= 0.3 is 17.9 Å². The first-order valence-corrected chi connectivity index (χ1v) is 38.6. The fourth-order valence-electron chi connectivity index (χ4n) is 10.0. The molecule has 0 heterocycles. The largest absolute Gasteiger partial charge is 0.477 e. The highest BCUT2D eigenvalue weighted by Gasteiger charge is 2.25. The van der Waals surface area contributed by atoms with E-state index in [0.717, 1.165) is 154 Å². The topological polar surface area (TPSA) is 108 Å². The maximum absolute atomic E-state index is 13.0. The second-order valence-corrected chi connectivity index (χ2v) is 26.2. The number of nitrogens with zero attached hydrogens (tertiary/aromatic N) is 1. The lowest BCUT2D eigenvalue weighted by Crippen LogP contribution is -2.40. The first-order valence-electron chi connectivity index (χ1n) is 38.6. The lowest BCUT2D eigenvalue weighted by Gasteiger charge is -2.25. The van der Waals surface area contributed by atoms with Crippen LogP contribution in [0.25, 0.3) is 0 Å². The van der Waals surface area contributed by atoms with Crippen molar-refractivity contribution in [2.75, 3.05) is 47.5 Å². The molecular weight excluding hydrogens is 1200 g/mol. The van der Waals surface area contributed by atoms with Gasteiger partial charge in [-0.1, -0.05) is 324 Å². The smallest absolute Gasteiger partial charge is 0.361 e. The average Bonchev–Trinajstić information content (AvgIpc) is 3.11. The van der Waals surface area contributed by atoms with Crippen molar-refractivity contribution in [2.45, 2.75) is 296 Å². The molecular formula is C88H142NO8+. The summed E-state index contributed by atoms with van der Waals surface area (Å²) < 4.78 is 23.0. The van der Waals surface area contributed by atoms with E-state index < -0.39 is 24.3 Å². The van der Waals surface area contributed by atoms with E-state index in [4.69, 9.17) is 18.9 Å². The molecule has 0 saturated heterocycles. The molecule has 97 heavy (non-hydrogen) atoms. The fourth-order valence-corrected chi connectivity index (χ4v) is 10.0. The Balaban J connectivity index is 4.15. The van der Waals surface area contributed by atoms with E-state index in [1.807, 2.05) is 21.1 Å². The molecule has 0 rings (SSSR count). The van der Waals surface area contributed by atoms with Gasteiger partial charge in [0.2, 0.25) is 0 Å². The van der Waals surface area contributed by atoms with Gasteiger partial charge in [-0.15, -0.1) is 0 Å². The van der Waals surface area contributed by atoms with Gasteiger partial charge in [0.25, 0.3) is 6.29 Å². The summed E-state index contributed by atoms with van der Waals surface area (Å²) in [6, 6.07) is 0. The van der Waals surface area contributed by atoms with Crippen molar-refractivity contribution in [2.24, 2.45) is 0 Å². The van der Waals surface area contributed by atoms with Crippen LogP contribution in [0.15, 0.2) is 194 Å². The third-order valence-electron chi connectivity index (χ3n) is 15.8. The minimum absolute atomic E-state index is 0.178. The Morgan fingerprint density at radius 2 is 0.557 bits per heavy atom. The van der Waals surface area contributed by atoms with Gasteiger partial charge in [-0.25, -0.2) is 4.79 Å². The van der Waals surface area contributed by atoms with Gasteiger partial charge in [-0.2, -0.15) is 0 Å². The summed E-state index contributed by atoms with van der Waals surface area (Å²) in [5.41, 5.74) is 0. The summed E-state index contributed by atoms with van der Waals surface area (Å²) in [6.45, 7) is 4.63. The van der Waals surface area contributed by atoms with Crippen molar-refractivity contribution >= 4 is 17.9 Å².